The Labute approximate surface area is 187 Å². The lowest BCUT2D eigenvalue weighted by atomic mass is 10.0. The molecule has 0 unspecified atom stereocenters. The lowest BCUT2D eigenvalue weighted by molar-refractivity contribution is 0.102. The van der Waals surface area contributed by atoms with Crippen molar-refractivity contribution in [1.29, 1.82) is 0 Å². The molecule has 1 saturated heterocycles. The van der Waals surface area contributed by atoms with Crippen LogP contribution in [0.5, 0.6) is 5.75 Å². The summed E-state index contributed by atoms with van der Waals surface area (Å²) in [5, 5.41) is 11.9. The Balaban J connectivity index is 1.64. The average Bonchev–Trinajstić information content (AvgIpc) is 3.17. The van der Waals surface area contributed by atoms with Crippen LogP contribution < -0.4 is 25.8 Å². The number of amides is 1. The van der Waals surface area contributed by atoms with Crippen molar-refractivity contribution in [3.63, 3.8) is 0 Å². The van der Waals surface area contributed by atoms with Gasteiger partial charge in [-0.05, 0) is 31.5 Å². The number of anilines is 2. The van der Waals surface area contributed by atoms with E-state index in [9.17, 15) is 9.59 Å². The number of aromatic nitrogens is 3. The number of nitrogens with zero attached hydrogens (tertiary/aromatic N) is 4. The Hall–Kier alpha value is -3.33. The summed E-state index contributed by atoms with van der Waals surface area (Å²) in [5.74, 6) is 0.0157. The van der Waals surface area contributed by atoms with Gasteiger partial charge in [0.25, 0.3) is 11.5 Å². The van der Waals surface area contributed by atoms with Crippen molar-refractivity contribution in [3.05, 3.63) is 46.5 Å². The maximum absolute atomic E-state index is 13.2. The number of fused-ring (bicyclic) bond motifs is 1. The number of carbonyl (C=O) groups excluding carboxylic acids is 1. The van der Waals surface area contributed by atoms with Crippen molar-refractivity contribution in [3.8, 4) is 5.75 Å². The monoisotopic (exact) mass is 438 g/mol. The van der Waals surface area contributed by atoms with Gasteiger partial charge >= 0.3 is 0 Å². The summed E-state index contributed by atoms with van der Waals surface area (Å²) in [7, 11) is 4.95. The molecule has 1 aromatic carbocycles. The van der Waals surface area contributed by atoms with Gasteiger partial charge in [0, 0.05) is 62.8 Å². The zero-order valence-corrected chi connectivity index (χ0v) is 19.0. The van der Waals surface area contributed by atoms with E-state index in [0.717, 1.165) is 43.5 Å². The van der Waals surface area contributed by atoms with Gasteiger partial charge in [0.15, 0.2) is 0 Å². The number of hydrogen-bond donors (Lipinski definition) is 2. The third kappa shape index (κ3) is 4.20. The Morgan fingerprint density at radius 1 is 1.22 bits per heavy atom. The standard InChI is InChI=1S/C23H30N6O3/c1-5-24-15-8-10-29(11-9-15)19-7-6-16(22-17(19)13-28(3)26-22)23(31)25-18-14-27(2)21(30)12-20(18)32-4/h6-7,12-15,24H,5,8-11H2,1-4H3,(H,25,31). The Morgan fingerprint density at radius 2 is 1.97 bits per heavy atom. The number of nitrogens with one attached hydrogen (secondary N) is 2. The number of benzene rings is 1. The van der Waals surface area contributed by atoms with Gasteiger partial charge in [-0.15, -0.1) is 0 Å². The first-order valence-electron chi connectivity index (χ1n) is 10.9. The minimum Gasteiger partial charge on any atom is -0.494 e. The molecule has 1 fully saturated rings. The molecule has 4 rings (SSSR count). The van der Waals surface area contributed by atoms with Crippen LogP contribution in [0.1, 0.15) is 30.1 Å². The van der Waals surface area contributed by atoms with Gasteiger partial charge in [0.1, 0.15) is 17.0 Å². The van der Waals surface area contributed by atoms with Crippen molar-refractivity contribution in [2.75, 3.05) is 37.0 Å². The fourth-order valence-electron chi connectivity index (χ4n) is 4.34. The third-order valence-corrected chi connectivity index (χ3v) is 6.00. The largest absolute Gasteiger partial charge is 0.494 e. The van der Waals surface area contributed by atoms with Gasteiger partial charge in [-0.25, -0.2) is 0 Å². The second kappa shape index (κ2) is 9.04. The van der Waals surface area contributed by atoms with Crippen LogP contribution in [0.15, 0.2) is 35.4 Å². The summed E-state index contributed by atoms with van der Waals surface area (Å²) >= 11 is 0. The molecular weight excluding hydrogens is 408 g/mol. The summed E-state index contributed by atoms with van der Waals surface area (Å²) in [6, 6.07) is 5.74. The van der Waals surface area contributed by atoms with E-state index in [0.29, 0.717) is 28.6 Å². The first kappa shape index (κ1) is 21.9. The molecule has 2 N–H and O–H groups in total. The maximum atomic E-state index is 13.2. The van der Waals surface area contributed by atoms with Gasteiger partial charge < -0.3 is 24.8 Å². The number of aryl methyl sites for hydroxylation is 2. The summed E-state index contributed by atoms with van der Waals surface area (Å²) in [5.41, 5.74) is 2.44. The van der Waals surface area contributed by atoms with Crippen LogP contribution in [0.2, 0.25) is 0 Å². The summed E-state index contributed by atoms with van der Waals surface area (Å²) in [4.78, 5) is 27.4. The van der Waals surface area contributed by atoms with Crippen LogP contribution in [-0.2, 0) is 14.1 Å². The number of methoxy groups -OCH3 is 1. The van der Waals surface area contributed by atoms with Crippen LogP contribution in [0.25, 0.3) is 10.9 Å². The van der Waals surface area contributed by atoms with Gasteiger partial charge in [-0.1, -0.05) is 6.92 Å². The van der Waals surface area contributed by atoms with E-state index in [1.54, 1.807) is 17.9 Å². The molecule has 1 aliphatic rings. The van der Waals surface area contributed by atoms with E-state index in [1.807, 2.05) is 25.4 Å². The molecule has 0 radical (unpaired) electrons. The molecule has 170 valence electrons. The average molecular weight is 439 g/mol. The lowest BCUT2D eigenvalue weighted by Crippen LogP contribution is -2.42. The topological polar surface area (TPSA) is 93.4 Å². The number of piperidine rings is 1. The van der Waals surface area contributed by atoms with Crippen molar-refractivity contribution in [1.82, 2.24) is 19.7 Å². The molecule has 0 aliphatic carbocycles. The predicted octanol–water partition coefficient (Wildman–Crippen LogP) is 2.11. The van der Waals surface area contributed by atoms with Crippen LogP contribution in [0.3, 0.4) is 0 Å². The molecule has 2 aromatic heterocycles. The fraction of sp³-hybridized carbons (Fsp3) is 0.435. The molecule has 9 heteroatoms. The Bertz CT molecular complexity index is 1190. The minimum atomic E-state index is -0.303. The predicted molar refractivity (Wildman–Crippen MR) is 126 cm³/mol. The maximum Gasteiger partial charge on any atom is 0.258 e. The highest BCUT2D eigenvalue weighted by molar-refractivity contribution is 6.14. The Morgan fingerprint density at radius 3 is 2.66 bits per heavy atom. The highest BCUT2D eigenvalue weighted by atomic mass is 16.5. The third-order valence-electron chi connectivity index (χ3n) is 6.00. The minimum absolute atomic E-state index is 0.214. The van der Waals surface area contributed by atoms with Crippen molar-refractivity contribution < 1.29 is 9.53 Å². The van der Waals surface area contributed by atoms with E-state index in [1.165, 1.54) is 17.7 Å². The fourth-order valence-corrected chi connectivity index (χ4v) is 4.34. The molecule has 0 atom stereocenters. The molecule has 3 aromatic rings. The van der Waals surface area contributed by atoms with Gasteiger partial charge in [-0.3, -0.25) is 14.3 Å². The summed E-state index contributed by atoms with van der Waals surface area (Å²) in [6.45, 7) is 5.05. The molecule has 3 heterocycles. The smallest absolute Gasteiger partial charge is 0.258 e. The van der Waals surface area contributed by atoms with E-state index in [-0.39, 0.29) is 11.5 Å². The zero-order chi connectivity index (χ0) is 22.8. The van der Waals surface area contributed by atoms with Crippen LogP contribution in [0.4, 0.5) is 11.4 Å². The number of carbonyl (C=O) groups is 1. The molecule has 1 amide bonds. The van der Waals surface area contributed by atoms with Crippen LogP contribution in [-0.4, -0.2) is 53.0 Å². The van der Waals surface area contributed by atoms with Gasteiger partial charge in [0.05, 0.1) is 12.7 Å². The molecule has 0 saturated carbocycles. The molecule has 32 heavy (non-hydrogen) atoms. The number of rotatable bonds is 6. The van der Waals surface area contributed by atoms with Crippen molar-refractivity contribution in [2.45, 2.75) is 25.8 Å². The first-order valence-corrected chi connectivity index (χ1v) is 10.9. The van der Waals surface area contributed by atoms with Gasteiger partial charge in [-0.2, -0.15) is 5.10 Å². The number of pyridine rings is 1. The number of hydrogen-bond acceptors (Lipinski definition) is 6. The van der Waals surface area contributed by atoms with Gasteiger partial charge in [0.2, 0.25) is 0 Å². The van der Waals surface area contributed by atoms with Crippen LogP contribution in [0, 0.1) is 0 Å². The normalized spacial score (nSPS) is 14.7. The highest BCUT2D eigenvalue weighted by Crippen LogP contribution is 2.31. The van der Waals surface area contributed by atoms with Crippen molar-refractivity contribution >= 4 is 28.2 Å². The van der Waals surface area contributed by atoms with Crippen molar-refractivity contribution in [2.24, 2.45) is 14.1 Å². The zero-order valence-electron chi connectivity index (χ0n) is 19.0. The molecule has 0 spiro atoms. The molecule has 1 aliphatic heterocycles. The second-order valence-electron chi connectivity index (χ2n) is 8.18. The van der Waals surface area contributed by atoms with E-state index < -0.39 is 0 Å². The number of ether oxygens (including phenoxy) is 1. The van der Waals surface area contributed by atoms with E-state index >= 15 is 0 Å². The molecule has 0 bridgehead atoms. The summed E-state index contributed by atoms with van der Waals surface area (Å²) in [6.07, 6.45) is 5.69. The van der Waals surface area contributed by atoms with E-state index in [4.69, 9.17) is 4.74 Å². The SMILES string of the molecule is CCNC1CCN(c2ccc(C(=O)Nc3cn(C)c(=O)cc3OC)c3nn(C)cc23)CC1. The highest BCUT2D eigenvalue weighted by Gasteiger charge is 2.23. The molecule has 9 nitrogen and oxygen atoms in total. The summed E-state index contributed by atoms with van der Waals surface area (Å²) < 4.78 is 8.41. The molecular formula is C23H30N6O3. The van der Waals surface area contributed by atoms with Crippen LogP contribution >= 0.6 is 0 Å². The van der Waals surface area contributed by atoms with E-state index in [2.05, 4.69) is 27.6 Å². The lowest BCUT2D eigenvalue weighted by Gasteiger charge is -2.34. The second-order valence-corrected chi connectivity index (χ2v) is 8.18. The quantitative estimate of drug-likeness (QED) is 0.612. The Kier molecular flexibility index (Phi) is 6.18. The first-order chi connectivity index (χ1) is 15.4.